The predicted molar refractivity (Wildman–Crippen MR) is 75.1 cm³/mol. The number of carbonyl (C=O) groups excluding carboxylic acids is 1. The van der Waals surface area contributed by atoms with Gasteiger partial charge in [0, 0.05) is 16.2 Å². The number of hydrogen-bond donors (Lipinski definition) is 1. The predicted octanol–water partition coefficient (Wildman–Crippen LogP) is 2.74. The number of nitrogens with one attached hydrogen (secondary N) is 1. The monoisotopic (exact) mass is 316 g/mol. The van der Waals surface area contributed by atoms with Crippen LogP contribution in [0.1, 0.15) is 10.4 Å². The highest BCUT2D eigenvalue weighted by molar-refractivity contribution is 9.10. The molecule has 0 unspecified atom stereocenters. The summed E-state index contributed by atoms with van der Waals surface area (Å²) in [6.45, 7) is 0. The lowest BCUT2D eigenvalue weighted by Gasteiger charge is -2.03. The van der Waals surface area contributed by atoms with Gasteiger partial charge in [0.05, 0.1) is 0 Å². The van der Waals surface area contributed by atoms with E-state index >= 15 is 0 Å². The third kappa shape index (κ3) is 2.34. The largest absolute Gasteiger partial charge is 0.290 e. The summed E-state index contributed by atoms with van der Waals surface area (Å²) in [5.41, 5.74) is 1.24. The number of fused-ring (bicyclic) bond motifs is 1. The van der Waals surface area contributed by atoms with Gasteiger partial charge in [0.15, 0.2) is 5.65 Å². The zero-order valence-electron chi connectivity index (χ0n) is 9.75. The van der Waals surface area contributed by atoms with Crippen molar-refractivity contribution in [3.8, 4) is 0 Å². The fraction of sp³-hybridized carbons (Fsp3) is 0. The van der Waals surface area contributed by atoms with Gasteiger partial charge in [-0.1, -0.05) is 28.1 Å². The topological polar surface area (TPSA) is 59.3 Å². The molecule has 94 valence electrons. The van der Waals surface area contributed by atoms with Crippen LogP contribution in [0.3, 0.4) is 0 Å². The molecule has 19 heavy (non-hydrogen) atoms. The fourth-order valence-electron chi connectivity index (χ4n) is 1.73. The Morgan fingerprint density at radius 2 is 2.05 bits per heavy atom. The molecule has 3 aromatic rings. The third-order valence-electron chi connectivity index (χ3n) is 2.63. The summed E-state index contributed by atoms with van der Waals surface area (Å²) in [6, 6.07) is 12.7. The average Bonchev–Trinajstić information content (AvgIpc) is 2.82. The molecule has 0 bridgehead atoms. The van der Waals surface area contributed by atoms with Crippen molar-refractivity contribution in [2.45, 2.75) is 0 Å². The van der Waals surface area contributed by atoms with Gasteiger partial charge in [-0.3, -0.25) is 14.5 Å². The number of carbonyl (C=O) groups is 1. The number of halogens is 1. The first kappa shape index (κ1) is 11.9. The van der Waals surface area contributed by atoms with Gasteiger partial charge in [-0.15, -0.1) is 10.2 Å². The van der Waals surface area contributed by atoms with E-state index in [2.05, 4.69) is 31.4 Å². The molecule has 3 rings (SSSR count). The van der Waals surface area contributed by atoms with E-state index in [1.165, 1.54) is 0 Å². The molecular formula is C13H9BrN4O. The fourth-order valence-corrected chi connectivity index (χ4v) is 2.13. The van der Waals surface area contributed by atoms with Crippen molar-refractivity contribution in [2.24, 2.45) is 0 Å². The van der Waals surface area contributed by atoms with Crippen molar-refractivity contribution in [3.63, 3.8) is 0 Å². The van der Waals surface area contributed by atoms with Gasteiger partial charge in [-0.2, -0.15) is 0 Å². The Morgan fingerprint density at radius 3 is 2.89 bits per heavy atom. The highest BCUT2D eigenvalue weighted by atomic mass is 79.9. The Morgan fingerprint density at radius 1 is 1.16 bits per heavy atom. The maximum absolute atomic E-state index is 12.1. The first-order chi connectivity index (χ1) is 9.24. The van der Waals surface area contributed by atoms with E-state index in [9.17, 15) is 4.79 Å². The van der Waals surface area contributed by atoms with Gasteiger partial charge in [0.1, 0.15) is 0 Å². The number of rotatable bonds is 2. The normalized spacial score (nSPS) is 10.6. The SMILES string of the molecule is O=C(Nc1nnc2ccccn12)c1cccc(Br)c1. The molecule has 1 aromatic carbocycles. The average molecular weight is 317 g/mol. The molecule has 2 heterocycles. The van der Waals surface area contributed by atoms with Gasteiger partial charge < -0.3 is 0 Å². The molecule has 0 saturated heterocycles. The van der Waals surface area contributed by atoms with E-state index in [1.807, 2.05) is 24.3 Å². The van der Waals surface area contributed by atoms with Crippen LogP contribution in [0.15, 0.2) is 53.1 Å². The van der Waals surface area contributed by atoms with E-state index in [4.69, 9.17) is 0 Å². The molecule has 0 aliphatic heterocycles. The molecule has 0 aliphatic rings. The number of amides is 1. The summed E-state index contributed by atoms with van der Waals surface area (Å²) in [5, 5.41) is 10.7. The molecule has 0 saturated carbocycles. The van der Waals surface area contributed by atoms with Gasteiger partial charge >= 0.3 is 0 Å². The number of anilines is 1. The highest BCUT2D eigenvalue weighted by Gasteiger charge is 2.10. The molecule has 0 aliphatic carbocycles. The van der Waals surface area contributed by atoms with Gasteiger partial charge in [-0.05, 0) is 30.3 Å². The van der Waals surface area contributed by atoms with E-state index in [1.54, 1.807) is 28.8 Å². The Bertz CT molecular complexity index is 753. The van der Waals surface area contributed by atoms with Crippen LogP contribution in [-0.2, 0) is 0 Å². The molecule has 0 fully saturated rings. The van der Waals surface area contributed by atoms with E-state index in [0.29, 0.717) is 17.2 Å². The first-order valence-corrected chi connectivity index (χ1v) is 6.40. The number of nitrogens with zero attached hydrogens (tertiary/aromatic N) is 3. The number of benzene rings is 1. The van der Waals surface area contributed by atoms with Gasteiger partial charge in [0.25, 0.3) is 5.91 Å². The maximum Gasteiger partial charge on any atom is 0.258 e. The van der Waals surface area contributed by atoms with Crippen LogP contribution in [0.2, 0.25) is 0 Å². The van der Waals surface area contributed by atoms with Crippen molar-refractivity contribution in [2.75, 3.05) is 5.32 Å². The first-order valence-electron chi connectivity index (χ1n) is 5.61. The van der Waals surface area contributed by atoms with E-state index in [-0.39, 0.29) is 5.91 Å². The van der Waals surface area contributed by atoms with E-state index < -0.39 is 0 Å². The molecule has 0 atom stereocenters. The molecule has 0 radical (unpaired) electrons. The zero-order valence-corrected chi connectivity index (χ0v) is 11.3. The Kier molecular flexibility index (Phi) is 3.00. The number of pyridine rings is 1. The van der Waals surface area contributed by atoms with Crippen molar-refractivity contribution >= 4 is 33.4 Å². The van der Waals surface area contributed by atoms with Crippen molar-refractivity contribution < 1.29 is 4.79 Å². The second-order valence-corrected chi connectivity index (χ2v) is 4.83. The molecule has 1 N–H and O–H groups in total. The summed E-state index contributed by atoms with van der Waals surface area (Å²) in [5.74, 6) is 0.181. The molecule has 2 aromatic heterocycles. The maximum atomic E-state index is 12.1. The molecule has 5 nitrogen and oxygen atoms in total. The van der Waals surface area contributed by atoms with Crippen LogP contribution in [0, 0.1) is 0 Å². The van der Waals surface area contributed by atoms with Crippen LogP contribution in [0.4, 0.5) is 5.95 Å². The summed E-state index contributed by atoms with van der Waals surface area (Å²) in [6.07, 6.45) is 1.80. The lowest BCUT2D eigenvalue weighted by molar-refractivity contribution is 0.102. The minimum atomic E-state index is -0.223. The highest BCUT2D eigenvalue weighted by Crippen LogP contribution is 2.14. The van der Waals surface area contributed by atoms with Crippen LogP contribution >= 0.6 is 15.9 Å². The van der Waals surface area contributed by atoms with Gasteiger partial charge in [0.2, 0.25) is 5.95 Å². The molecular weight excluding hydrogens is 308 g/mol. The summed E-state index contributed by atoms with van der Waals surface area (Å²) in [7, 11) is 0. The standard InChI is InChI=1S/C13H9BrN4O/c14-10-5-3-4-9(8-10)12(19)15-13-17-16-11-6-1-2-7-18(11)13/h1-8H,(H,15,17,19). The van der Waals surface area contributed by atoms with Crippen molar-refractivity contribution in [1.29, 1.82) is 0 Å². The molecule has 0 spiro atoms. The van der Waals surface area contributed by atoms with Crippen LogP contribution in [-0.4, -0.2) is 20.5 Å². The van der Waals surface area contributed by atoms with E-state index in [0.717, 1.165) is 4.47 Å². The molecule has 1 amide bonds. The summed E-state index contributed by atoms with van der Waals surface area (Å²) >= 11 is 3.33. The second kappa shape index (κ2) is 4.81. The summed E-state index contributed by atoms with van der Waals surface area (Å²) in [4.78, 5) is 12.1. The Hall–Kier alpha value is -2.21. The Labute approximate surface area is 117 Å². The van der Waals surface area contributed by atoms with Crippen molar-refractivity contribution in [3.05, 3.63) is 58.7 Å². The lowest BCUT2D eigenvalue weighted by atomic mass is 10.2. The van der Waals surface area contributed by atoms with Crippen LogP contribution in [0.5, 0.6) is 0 Å². The van der Waals surface area contributed by atoms with Crippen LogP contribution < -0.4 is 5.32 Å². The molecule has 6 heteroatoms. The second-order valence-electron chi connectivity index (χ2n) is 3.92. The van der Waals surface area contributed by atoms with Crippen LogP contribution in [0.25, 0.3) is 5.65 Å². The lowest BCUT2D eigenvalue weighted by Crippen LogP contribution is -2.14. The number of hydrogen-bond acceptors (Lipinski definition) is 3. The third-order valence-corrected chi connectivity index (χ3v) is 3.12. The Balaban J connectivity index is 1.91. The van der Waals surface area contributed by atoms with Crippen molar-refractivity contribution in [1.82, 2.24) is 14.6 Å². The minimum Gasteiger partial charge on any atom is -0.290 e. The minimum absolute atomic E-state index is 0.223. The quantitative estimate of drug-likeness (QED) is 0.790. The summed E-state index contributed by atoms with van der Waals surface area (Å²) < 4.78 is 2.57. The smallest absolute Gasteiger partial charge is 0.258 e. The van der Waals surface area contributed by atoms with Gasteiger partial charge in [-0.25, -0.2) is 0 Å². The zero-order chi connectivity index (χ0) is 13.2. The number of aromatic nitrogens is 3.